The monoisotopic (exact) mass is 474 g/mol. The Balaban J connectivity index is 1.67. The lowest BCUT2D eigenvalue weighted by Crippen LogP contribution is -2.52. The molecular formula is C21H20BrFN4O3. The smallest absolute Gasteiger partial charge is 0.319 e. The molecule has 0 bridgehead atoms. The molecule has 0 aromatic heterocycles. The molecule has 1 unspecified atom stereocenters. The summed E-state index contributed by atoms with van der Waals surface area (Å²) in [7, 11) is 1.61. The van der Waals surface area contributed by atoms with E-state index in [1.807, 2.05) is 6.07 Å². The molecule has 9 heteroatoms. The largest absolute Gasteiger partial charge is 0.489 e. The number of rotatable bonds is 5. The van der Waals surface area contributed by atoms with Crippen molar-refractivity contribution in [1.29, 1.82) is 5.41 Å². The molecule has 30 heavy (non-hydrogen) atoms. The summed E-state index contributed by atoms with van der Waals surface area (Å²) in [6, 6.07) is 9.67. The van der Waals surface area contributed by atoms with E-state index in [2.05, 4.69) is 26.6 Å². The van der Waals surface area contributed by atoms with E-state index in [1.165, 1.54) is 23.1 Å². The molecule has 2 aromatic rings. The highest BCUT2D eigenvalue weighted by atomic mass is 79.9. The van der Waals surface area contributed by atoms with Gasteiger partial charge in [-0.1, -0.05) is 28.1 Å². The molecule has 0 saturated carbocycles. The zero-order chi connectivity index (χ0) is 21.7. The second-order valence-electron chi connectivity index (χ2n) is 6.63. The number of halogens is 2. The van der Waals surface area contributed by atoms with Gasteiger partial charge in [0.25, 0.3) is 5.91 Å². The molecule has 0 spiro atoms. The third kappa shape index (κ3) is 5.24. The topological polar surface area (TPSA) is 94.5 Å². The maximum atomic E-state index is 13.1. The molecule has 3 rings (SSSR count). The third-order valence-corrected chi connectivity index (χ3v) is 4.98. The standard InChI is InChI=1S/C21H20BrFN4O3/c1-27-18-11-14(22)4-7-19(18)30-12-17(20(27)28)26-21(29)25-16(8-9-24)10-13-2-5-15(23)6-3-13/h2-9,11,17,24H,10,12H2,1H3,(H2,25,26,29)/b16-8-,24-9?. The second kappa shape index (κ2) is 9.53. The summed E-state index contributed by atoms with van der Waals surface area (Å²) in [5.41, 5.74) is 1.79. The Kier molecular flexibility index (Phi) is 6.83. The predicted molar refractivity (Wildman–Crippen MR) is 115 cm³/mol. The van der Waals surface area contributed by atoms with E-state index in [0.717, 1.165) is 16.3 Å². The number of allylic oxidation sites excluding steroid dienone is 2. The number of amides is 3. The number of hydrogen-bond acceptors (Lipinski definition) is 4. The fraction of sp³-hybridized carbons (Fsp3) is 0.190. The molecule has 0 aliphatic carbocycles. The van der Waals surface area contributed by atoms with Crippen molar-refractivity contribution >= 4 is 39.8 Å². The van der Waals surface area contributed by atoms with Crippen molar-refractivity contribution in [3.8, 4) is 5.75 Å². The number of nitrogens with one attached hydrogen (secondary N) is 3. The van der Waals surface area contributed by atoms with Crippen molar-refractivity contribution in [2.45, 2.75) is 12.5 Å². The quantitative estimate of drug-likeness (QED) is 0.579. The third-order valence-electron chi connectivity index (χ3n) is 4.49. The number of fused-ring (bicyclic) bond motifs is 1. The van der Waals surface area contributed by atoms with Crippen LogP contribution in [0.2, 0.25) is 0 Å². The number of ether oxygens (including phenoxy) is 1. The number of urea groups is 1. The lowest BCUT2D eigenvalue weighted by molar-refractivity contribution is -0.120. The Labute approximate surface area is 181 Å². The van der Waals surface area contributed by atoms with Gasteiger partial charge in [-0.25, -0.2) is 9.18 Å². The summed E-state index contributed by atoms with van der Waals surface area (Å²) in [5.74, 6) is -0.136. The van der Waals surface area contributed by atoms with Crippen LogP contribution in [0.1, 0.15) is 5.56 Å². The normalized spacial score (nSPS) is 16.2. The summed E-state index contributed by atoms with van der Waals surface area (Å²) in [6.07, 6.45) is 2.76. The zero-order valence-electron chi connectivity index (χ0n) is 16.1. The number of likely N-dealkylation sites (N-methyl/N-ethyl adjacent to an activating group) is 1. The molecule has 3 amide bonds. The molecule has 3 N–H and O–H groups in total. The number of carbonyl (C=O) groups is 2. The van der Waals surface area contributed by atoms with E-state index in [0.29, 0.717) is 17.1 Å². The molecule has 7 nitrogen and oxygen atoms in total. The lowest BCUT2D eigenvalue weighted by Gasteiger charge is -2.21. The van der Waals surface area contributed by atoms with E-state index >= 15 is 0 Å². The fourth-order valence-electron chi connectivity index (χ4n) is 2.98. The van der Waals surface area contributed by atoms with Gasteiger partial charge in [0.05, 0.1) is 5.69 Å². The van der Waals surface area contributed by atoms with Crippen LogP contribution in [-0.2, 0) is 11.2 Å². The zero-order valence-corrected chi connectivity index (χ0v) is 17.7. The van der Waals surface area contributed by atoms with Crippen molar-refractivity contribution in [2.75, 3.05) is 18.6 Å². The number of benzene rings is 2. The van der Waals surface area contributed by atoms with Gasteiger partial charge in [-0.15, -0.1) is 0 Å². The van der Waals surface area contributed by atoms with Gasteiger partial charge < -0.3 is 25.7 Å². The summed E-state index contributed by atoms with van der Waals surface area (Å²) in [5, 5.41) is 12.6. The van der Waals surface area contributed by atoms with E-state index < -0.39 is 12.1 Å². The van der Waals surface area contributed by atoms with Crippen LogP contribution >= 0.6 is 15.9 Å². The van der Waals surface area contributed by atoms with Crippen molar-refractivity contribution in [2.24, 2.45) is 0 Å². The van der Waals surface area contributed by atoms with Gasteiger partial charge in [0.1, 0.15) is 24.2 Å². The average Bonchev–Trinajstić information content (AvgIpc) is 2.82. The Morgan fingerprint density at radius 3 is 2.77 bits per heavy atom. The summed E-state index contributed by atoms with van der Waals surface area (Å²) in [4.78, 5) is 26.7. The molecule has 2 aromatic carbocycles. The van der Waals surface area contributed by atoms with Crippen LogP contribution < -0.4 is 20.3 Å². The van der Waals surface area contributed by atoms with Crippen LogP contribution in [0.4, 0.5) is 14.9 Å². The molecule has 1 aliphatic rings. The molecule has 0 fully saturated rings. The van der Waals surface area contributed by atoms with Crippen molar-refractivity contribution in [3.63, 3.8) is 0 Å². The first kappa shape index (κ1) is 21.5. The first-order chi connectivity index (χ1) is 14.4. The molecule has 1 atom stereocenters. The van der Waals surface area contributed by atoms with Crippen LogP contribution in [-0.4, -0.2) is 37.8 Å². The van der Waals surface area contributed by atoms with Crippen molar-refractivity contribution in [3.05, 3.63) is 70.1 Å². The Morgan fingerprint density at radius 1 is 1.33 bits per heavy atom. The first-order valence-corrected chi connectivity index (χ1v) is 9.88. The van der Waals surface area contributed by atoms with Gasteiger partial charge in [-0.3, -0.25) is 4.79 Å². The van der Waals surface area contributed by atoms with Gasteiger partial charge in [0, 0.05) is 29.9 Å². The highest BCUT2D eigenvalue weighted by molar-refractivity contribution is 9.10. The van der Waals surface area contributed by atoms with E-state index in [-0.39, 0.29) is 24.8 Å². The molecule has 1 heterocycles. The van der Waals surface area contributed by atoms with Crippen molar-refractivity contribution in [1.82, 2.24) is 10.6 Å². The predicted octanol–water partition coefficient (Wildman–Crippen LogP) is 3.39. The average molecular weight is 475 g/mol. The Bertz CT molecular complexity index is 994. The maximum Gasteiger partial charge on any atom is 0.319 e. The van der Waals surface area contributed by atoms with Crippen LogP contribution in [0.5, 0.6) is 5.75 Å². The number of hydrogen-bond donors (Lipinski definition) is 3. The van der Waals surface area contributed by atoms with E-state index in [4.69, 9.17) is 10.1 Å². The van der Waals surface area contributed by atoms with Gasteiger partial charge in [-0.2, -0.15) is 0 Å². The molecular weight excluding hydrogens is 455 g/mol. The summed E-state index contributed by atoms with van der Waals surface area (Å²) in [6.45, 7) is -0.0210. The van der Waals surface area contributed by atoms with E-state index in [9.17, 15) is 14.0 Å². The Morgan fingerprint density at radius 2 is 2.07 bits per heavy atom. The molecule has 0 saturated heterocycles. The van der Waals surface area contributed by atoms with Crippen LogP contribution in [0, 0.1) is 11.2 Å². The SMILES string of the molecule is CN1C(=O)C(NC(=O)N/C(=C\C=N)Cc2ccc(F)cc2)COc2ccc(Br)cc21. The fourth-order valence-corrected chi connectivity index (χ4v) is 3.33. The van der Waals surface area contributed by atoms with Crippen LogP contribution in [0.15, 0.2) is 58.7 Å². The highest BCUT2D eigenvalue weighted by Gasteiger charge is 2.30. The number of carbonyl (C=O) groups excluding carboxylic acids is 2. The maximum absolute atomic E-state index is 13.1. The van der Waals surface area contributed by atoms with Gasteiger partial charge >= 0.3 is 6.03 Å². The first-order valence-electron chi connectivity index (χ1n) is 9.09. The summed E-state index contributed by atoms with van der Waals surface area (Å²) < 4.78 is 19.6. The minimum absolute atomic E-state index is 0.0210. The van der Waals surface area contributed by atoms with Crippen LogP contribution in [0.3, 0.4) is 0 Å². The van der Waals surface area contributed by atoms with Crippen LogP contribution in [0.25, 0.3) is 0 Å². The Hall–Kier alpha value is -3.20. The molecule has 0 radical (unpaired) electrons. The van der Waals surface area contributed by atoms with E-state index in [1.54, 1.807) is 31.3 Å². The number of nitrogens with zero attached hydrogens (tertiary/aromatic N) is 1. The lowest BCUT2D eigenvalue weighted by atomic mass is 10.1. The van der Waals surface area contributed by atoms with Gasteiger partial charge in [-0.05, 0) is 42.0 Å². The minimum Gasteiger partial charge on any atom is -0.489 e. The highest BCUT2D eigenvalue weighted by Crippen LogP contribution is 2.33. The number of anilines is 1. The van der Waals surface area contributed by atoms with Gasteiger partial charge in [0.15, 0.2) is 0 Å². The minimum atomic E-state index is -0.895. The van der Waals surface area contributed by atoms with Gasteiger partial charge in [0.2, 0.25) is 0 Å². The molecule has 1 aliphatic heterocycles. The molecule has 156 valence electrons. The van der Waals surface area contributed by atoms with Crippen molar-refractivity contribution < 1.29 is 18.7 Å². The summed E-state index contributed by atoms with van der Waals surface area (Å²) >= 11 is 3.37. The second-order valence-corrected chi connectivity index (χ2v) is 7.55.